The van der Waals surface area contributed by atoms with E-state index in [0.717, 1.165) is 12.8 Å². The fraction of sp³-hybridized carbons (Fsp3) is 1.00. The van der Waals surface area contributed by atoms with Gasteiger partial charge in [0, 0.05) is 5.88 Å². The van der Waals surface area contributed by atoms with Crippen LogP contribution in [0.25, 0.3) is 0 Å². The lowest BCUT2D eigenvalue weighted by atomic mass is 10.1. The van der Waals surface area contributed by atoms with Crippen molar-refractivity contribution in [2.45, 2.75) is 25.4 Å². The maximum Gasteiger partial charge on any atom is 0.472 e. The number of phosphoric ester groups is 1. The molecule has 72 valence electrons. The third-order valence-corrected chi connectivity index (χ3v) is 2.98. The molecule has 2 unspecified atom stereocenters. The molecule has 1 N–H and O–H groups in total. The molecule has 1 heterocycles. The van der Waals surface area contributed by atoms with E-state index in [1.165, 1.54) is 0 Å². The Morgan fingerprint density at radius 1 is 1.67 bits per heavy atom. The molecule has 6 heteroatoms. The van der Waals surface area contributed by atoms with E-state index in [0.29, 0.717) is 18.9 Å². The van der Waals surface area contributed by atoms with Gasteiger partial charge in [-0.25, -0.2) is 4.57 Å². The van der Waals surface area contributed by atoms with E-state index in [-0.39, 0.29) is 6.10 Å². The molecule has 1 fully saturated rings. The Morgan fingerprint density at radius 3 is 3.00 bits per heavy atom. The first-order valence-electron chi connectivity index (χ1n) is 3.86. The molecule has 0 bridgehead atoms. The highest BCUT2D eigenvalue weighted by molar-refractivity contribution is 7.47. The van der Waals surface area contributed by atoms with Crippen LogP contribution in [0.1, 0.15) is 19.3 Å². The highest BCUT2D eigenvalue weighted by Gasteiger charge is 2.30. The zero-order valence-corrected chi connectivity index (χ0v) is 8.26. The highest BCUT2D eigenvalue weighted by atomic mass is 35.5. The molecule has 0 aromatic heterocycles. The van der Waals surface area contributed by atoms with Crippen molar-refractivity contribution in [1.29, 1.82) is 0 Å². The van der Waals surface area contributed by atoms with Crippen LogP contribution >= 0.6 is 19.4 Å². The number of halogens is 1. The fourth-order valence-corrected chi connectivity index (χ4v) is 2.21. The van der Waals surface area contributed by atoms with E-state index in [2.05, 4.69) is 4.52 Å². The van der Waals surface area contributed by atoms with Gasteiger partial charge in [-0.15, -0.1) is 11.6 Å². The Labute approximate surface area is 76.4 Å². The van der Waals surface area contributed by atoms with Crippen molar-refractivity contribution in [2.24, 2.45) is 0 Å². The van der Waals surface area contributed by atoms with Crippen LogP contribution in [-0.4, -0.2) is 23.5 Å². The Morgan fingerprint density at radius 2 is 2.42 bits per heavy atom. The van der Waals surface area contributed by atoms with Crippen molar-refractivity contribution >= 4 is 19.4 Å². The standard InChI is InChI=1S/C6H12ClO4P/c7-4-1-2-6-3-5-10-12(8,9)11-6/h6H,1-5H2,(H,8,9). The van der Waals surface area contributed by atoms with Gasteiger partial charge in [-0.2, -0.15) is 0 Å². The van der Waals surface area contributed by atoms with Gasteiger partial charge in [0.05, 0.1) is 12.7 Å². The Bertz CT molecular complexity index is 186. The molecule has 12 heavy (non-hydrogen) atoms. The van der Waals surface area contributed by atoms with Crippen molar-refractivity contribution < 1.29 is 18.5 Å². The van der Waals surface area contributed by atoms with Gasteiger partial charge in [0.15, 0.2) is 0 Å². The Kier molecular flexibility index (Phi) is 4.00. The van der Waals surface area contributed by atoms with Crippen LogP contribution in [0.5, 0.6) is 0 Å². The second-order valence-electron chi connectivity index (χ2n) is 2.65. The van der Waals surface area contributed by atoms with E-state index in [9.17, 15) is 4.57 Å². The molecule has 0 amide bonds. The molecule has 0 aromatic carbocycles. The van der Waals surface area contributed by atoms with Crippen LogP contribution in [0.2, 0.25) is 0 Å². The maximum absolute atomic E-state index is 10.9. The largest absolute Gasteiger partial charge is 0.472 e. The zero-order valence-electron chi connectivity index (χ0n) is 6.61. The minimum absolute atomic E-state index is 0.173. The van der Waals surface area contributed by atoms with Crippen LogP contribution < -0.4 is 0 Å². The first kappa shape index (κ1) is 10.5. The summed E-state index contributed by atoms with van der Waals surface area (Å²) in [5.41, 5.74) is 0. The molecule has 4 nitrogen and oxygen atoms in total. The Balaban J connectivity index is 2.31. The van der Waals surface area contributed by atoms with E-state index in [1.54, 1.807) is 0 Å². The Hall–Kier alpha value is 0.400. The molecular formula is C6H12ClO4P. The van der Waals surface area contributed by atoms with Crippen molar-refractivity contribution in [3.63, 3.8) is 0 Å². The van der Waals surface area contributed by atoms with Gasteiger partial charge < -0.3 is 4.89 Å². The van der Waals surface area contributed by atoms with Gasteiger partial charge in [0.1, 0.15) is 0 Å². The van der Waals surface area contributed by atoms with Gasteiger partial charge in [-0.3, -0.25) is 9.05 Å². The van der Waals surface area contributed by atoms with Crippen LogP contribution in [0.15, 0.2) is 0 Å². The second kappa shape index (κ2) is 4.58. The average molecular weight is 215 g/mol. The quantitative estimate of drug-likeness (QED) is 0.576. The molecule has 0 saturated carbocycles. The summed E-state index contributed by atoms with van der Waals surface area (Å²) < 4.78 is 20.2. The van der Waals surface area contributed by atoms with E-state index >= 15 is 0 Å². The summed E-state index contributed by atoms with van der Waals surface area (Å²) in [6.07, 6.45) is 2.01. The van der Waals surface area contributed by atoms with Crippen molar-refractivity contribution in [3.05, 3.63) is 0 Å². The van der Waals surface area contributed by atoms with Gasteiger partial charge in [0.25, 0.3) is 0 Å². The zero-order chi connectivity index (χ0) is 9.03. The predicted octanol–water partition coefficient (Wildman–Crippen LogP) is 1.91. The maximum atomic E-state index is 10.9. The third-order valence-electron chi connectivity index (χ3n) is 1.64. The topological polar surface area (TPSA) is 55.8 Å². The van der Waals surface area contributed by atoms with Crippen molar-refractivity contribution in [3.8, 4) is 0 Å². The average Bonchev–Trinajstić information content (AvgIpc) is 1.99. The van der Waals surface area contributed by atoms with Gasteiger partial charge in [-0.1, -0.05) is 0 Å². The summed E-state index contributed by atoms with van der Waals surface area (Å²) in [4.78, 5) is 8.92. The summed E-state index contributed by atoms with van der Waals surface area (Å²) in [7, 11) is -3.73. The fourth-order valence-electron chi connectivity index (χ4n) is 1.07. The lowest BCUT2D eigenvalue weighted by Crippen LogP contribution is -2.20. The first-order chi connectivity index (χ1) is 5.64. The lowest BCUT2D eigenvalue weighted by Gasteiger charge is -2.25. The molecule has 0 aromatic rings. The summed E-state index contributed by atoms with van der Waals surface area (Å²) >= 11 is 5.47. The van der Waals surface area contributed by atoms with Gasteiger partial charge >= 0.3 is 7.82 Å². The van der Waals surface area contributed by atoms with Crippen LogP contribution in [-0.2, 0) is 13.6 Å². The summed E-state index contributed by atoms with van der Waals surface area (Å²) in [5, 5.41) is 0. The van der Waals surface area contributed by atoms with E-state index in [4.69, 9.17) is 21.0 Å². The summed E-state index contributed by atoms with van der Waals surface area (Å²) in [6.45, 7) is 0.292. The molecule has 0 spiro atoms. The first-order valence-corrected chi connectivity index (χ1v) is 5.89. The van der Waals surface area contributed by atoms with Gasteiger partial charge in [0.2, 0.25) is 0 Å². The number of hydrogen-bond donors (Lipinski definition) is 1. The highest BCUT2D eigenvalue weighted by Crippen LogP contribution is 2.48. The van der Waals surface area contributed by atoms with Crippen LogP contribution in [0, 0.1) is 0 Å². The van der Waals surface area contributed by atoms with E-state index in [1.807, 2.05) is 0 Å². The van der Waals surface area contributed by atoms with Gasteiger partial charge in [-0.05, 0) is 19.3 Å². The minimum Gasteiger partial charge on any atom is -0.302 e. The molecule has 1 aliphatic heterocycles. The number of hydrogen-bond acceptors (Lipinski definition) is 3. The molecule has 2 atom stereocenters. The van der Waals surface area contributed by atoms with Crippen molar-refractivity contribution in [1.82, 2.24) is 0 Å². The summed E-state index contributed by atoms with van der Waals surface area (Å²) in [6, 6.07) is 0. The number of alkyl halides is 1. The third kappa shape index (κ3) is 3.42. The van der Waals surface area contributed by atoms with Crippen LogP contribution in [0.4, 0.5) is 0 Å². The number of phosphoric acid groups is 1. The molecule has 1 aliphatic rings. The smallest absolute Gasteiger partial charge is 0.302 e. The summed E-state index contributed by atoms with van der Waals surface area (Å²) in [5.74, 6) is 0.552. The molecule has 0 aliphatic carbocycles. The molecule has 0 radical (unpaired) electrons. The number of rotatable bonds is 3. The lowest BCUT2D eigenvalue weighted by molar-refractivity contribution is 0.0431. The molecule has 1 saturated heterocycles. The minimum atomic E-state index is -3.73. The normalized spacial score (nSPS) is 36.7. The van der Waals surface area contributed by atoms with Crippen molar-refractivity contribution in [2.75, 3.05) is 12.5 Å². The van der Waals surface area contributed by atoms with E-state index < -0.39 is 7.82 Å². The SMILES string of the molecule is O=P1(O)OCCC(CCCCl)O1. The second-order valence-corrected chi connectivity index (χ2v) is 4.43. The monoisotopic (exact) mass is 214 g/mol. The molecule has 1 rings (SSSR count). The predicted molar refractivity (Wildman–Crippen MR) is 45.2 cm³/mol. The molecular weight excluding hydrogens is 202 g/mol. The van der Waals surface area contributed by atoms with Crippen LogP contribution in [0.3, 0.4) is 0 Å².